The summed E-state index contributed by atoms with van der Waals surface area (Å²) in [6.07, 6.45) is 1.77. The Morgan fingerprint density at radius 3 is 2.63 bits per heavy atom. The summed E-state index contributed by atoms with van der Waals surface area (Å²) in [6.45, 7) is 4.17. The molecule has 1 saturated heterocycles. The molecule has 35 heavy (non-hydrogen) atoms. The fourth-order valence-corrected chi connectivity index (χ4v) is 5.36. The lowest BCUT2D eigenvalue weighted by atomic mass is 9.96. The average molecular weight is 505 g/mol. The van der Waals surface area contributed by atoms with Crippen molar-refractivity contribution in [3.8, 4) is 17.2 Å². The molecule has 0 spiro atoms. The minimum absolute atomic E-state index is 0.104. The minimum Gasteiger partial charge on any atom is -0.506 e. The molecule has 2 aromatic carbocycles. The van der Waals surface area contributed by atoms with Crippen molar-refractivity contribution in [2.45, 2.75) is 25.9 Å². The second-order valence-electron chi connectivity index (χ2n) is 8.49. The monoisotopic (exact) mass is 504 g/mol. The molecule has 0 bridgehead atoms. The Hall–Kier alpha value is -3.55. The lowest BCUT2D eigenvalue weighted by Crippen LogP contribution is -2.29. The van der Waals surface area contributed by atoms with Gasteiger partial charge in [-0.05, 0) is 80.2 Å². The number of benzene rings is 2. The molecule has 8 heteroatoms. The summed E-state index contributed by atoms with van der Waals surface area (Å²) in [5, 5.41) is 15.2. The number of thiocarbonyl (C=S) groups is 1. The van der Waals surface area contributed by atoms with Gasteiger partial charge in [0.05, 0.1) is 30.6 Å². The Labute approximate surface area is 214 Å². The summed E-state index contributed by atoms with van der Waals surface area (Å²) in [6, 6.07) is 20.5. The van der Waals surface area contributed by atoms with Crippen LogP contribution in [0.3, 0.4) is 0 Å². The van der Waals surface area contributed by atoms with Crippen molar-refractivity contribution in [2.24, 2.45) is 0 Å². The van der Waals surface area contributed by atoms with E-state index in [-0.39, 0.29) is 17.8 Å². The summed E-state index contributed by atoms with van der Waals surface area (Å²) >= 11 is 12.1. The molecule has 2 atom stereocenters. The molecule has 0 aliphatic carbocycles. The maximum Gasteiger partial charge on any atom is 0.174 e. The van der Waals surface area contributed by atoms with Crippen molar-refractivity contribution in [1.82, 2.24) is 14.9 Å². The first-order chi connectivity index (χ1) is 16.9. The standard InChI is InChI=1S/C27H25ClN4O2S/c1-16-13-21(17(2)31(16)19-7-6-8-20(15-19)34-3)26-25(22-9-4-5-12-29-22)30-27(35)32(26)23-14-18(28)10-11-24(23)33/h4-15,25-26,33H,1-3H3,(H,30,35)/t25-,26-/m1/s1. The van der Waals surface area contributed by atoms with Gasteiger partial charge in [0.1, 0.15) is 11.5 Å². The molecule has 0 saturated carbocycles. The number of aromatic hydroxyl groups is 1. The predicted octanol–water partition coefficient (Wildman–Crippen LogP) is 6.03. The molecule has 1 aliphatic heterocycles. The van der Waals surface area contributed by atoms with Crippen LogP contribution in [0.4, 0.5) is 5.69 Å². The van der Waals surface area contributed by atoms with Gasteiger partial charge < -0.3 is 24.6 Å². The van der Waals surface area contributed by atoms with Crippen LogP contribution in [0.25, 0.3) is 5.69 Å². The number of phenolic OH excluding ortho intramolecular Hbond substituents is 1. The maximum absolute atomic E-state index is 10.8. The van der Waals surface area contributed by atoms with Crippen molar-refractivity contribution in [3.63, 3.8) is 0 Å². The highest BCUT2D eigenvalue weighted by Gasteiger charge is 2.43. The van der Waals surface area contributed by atoms with E-state index in [0.717, 1.165) is 34.1 Å². The zero-order chi connectivity index (χ0) is 24.7. The van der Waals surface area contributed by atoms with Crippen LogP contribution in [0.5, 0.6) is 11.5 Å². The molecular weight excluding hydrogens is 480 g/mol. The highest BCUT2D eigenvalue weighted by atomic mass is 35.5. The van der Waals surface area contributed by atoms with Crippen molar-refractivity contribution < 1.29 is 9.84 Å². The third-order valence-corrected chi connectivity index (χ3v) is 6.95. The fourth-order valence-electron chi connectivity index (χ4n) is 4.85. The lowest BCUT2D eigenvalue weighted by molar-refractivity contribution is 0.414. The molecule has 1 aliphatic rings. The number of nitrogens with one attached hydrogen (secondary N) is 1. The third-order valence-electron chi connectivity index (χ3n) is 6.40. The maximum atomic E-state index is 10.8. The fraction of sp³-hybridized carbons (Fsp3) is 0.185. The summed E-state index contributed by atoms with van der Waals surface area (Å²) in [5.41, 5.74) is 5.59. The van der Waals surface area contributed by atoms with Gasteiger partial charge in [0.15, 0.2) is 5.11 Å². The molecule has 178 valence electrons. The van der Waals surface area contributed by atoms with E-state index in [4.69, 9.17) is 28.6 Å². The number of pyridine rings is 1. The Balaban J connectivity index is 1.70. The minimum atomic E-state index is -0.271. The quantitative estimate of drug-likeness (QED) is 0.323. The van der Waals surface area contributed by atoms with E-state index >= 15 is 0 Å². The SMILES string of the molecule is COc1cccc(-n2c(C)cc([C@@H]3[C@@H](c4ccccn4)NC(=S)N3c3cc(Cl)ccc3O)c2C)c1. The van der Waals surface area contributed by atoms with Crippen LogP contribution in [0.15, 0.2) is 72.9 Å². The first-order valence-corrected chi connectivity index (χ1v) is 12.0. The zero-order valence-corrected chi connectivity index (χ0v) is 21.1. The van der Waals surface area contributed by atoms with Crippen molar-refractivity contribution in [3.05, 3.63) is 101 Å². The Bertz CT molecular complexity index is 1410. The summed E-state index contributed by atoms with van der Waals surface area (Å²) in [5.74, 6) is 0.893. The number of halogens is 1. The number of anilines is 1. The van der Waals surface area contributed by atoms with Gasteiger partial charge in [-0.1, -0.05) is 23.7 Å². The van der Waals surface area contributed by atoms with Crippen molar-refractivity contribution >= 4 is 34.6 Å². The average Bonchev–Trinajstić information content (AvgIpc) is 3.36. The molecule has 4 aromatic rings. The van der Waals surface area contributed by atoms with Crippen LogP contribution in [-0.2, 0) is 0 Å². The van der Waals surface area contributed by atoms with Gasteiger partial charge in [-0.3, -0.25) is 4.98 Å². The Morgan fingerprint density at radius 1 is 1.06 bits per heavy atom. The topological polar surface area (TPSA) is 62.5 Å². The smallest absolute Gasteiger partial charge is 0.174 e. The Morgan fingerprint density at radius 2 is 1.89 bits per heavy atom. The van der Waals surface area contributed by atoms with E-state index in [1.807, 2.05) is 41.3 Å². The number of ether oxygens (including phenoxy) is 1. The molecule has 3 heterocycles. The molecule has 2 N–H and O–H groups in total. The predicted molar refractivity (Wildman–Crippen MR) is 143 cm³/mol. The van der Waals surface area contributed by atoms with Gasteiger partial charge >= 0.3 is 0 Å². The van der Waals surface area contributed by atoms with E-state index < -0.39 is 0 Å². The van der Waals surface area contributed by atoms with Crippen LogP contribution >= 0.6 is 23.8 Å². The molecule has 0 amide bonds. The van der Waals surface area contributed by atoms with E-state index in [9.17, 15) is 5.11 Å². The lowest BCUT2D eigenvalue weighted by Gasteiger charge is -2.28. The van der Waals surface area contributed by atoms with Gasteiger partial charge in [0.25, 0.3) is 0 Å². The number of hydrogen-bond acceptors (Lipinski definition) is 4. The van der Waals surface area contributed by atoms with Crippen molar-refractivity contribution in [1.29, 1.82) is 0 Å². The van der Waals surface area contributed by atoms with Crippen LogP contribution < -0.4 is 15.0 Å². The Kier molecular flexibility index (Phi) is 6.13. The van der Waals surface area contributed by atoms with Gasteiger partial charge in [-0.15, -0.1) is 0 Å². The number of aryl methyl sites for hydroxylation is 1. The van der Waals surface area contributed by atoms with Crippen LogP contribution in [0.2, 0.25) is 5.02 Å². The molecule has 2 aromatic heterocycles. The van der Waals surface area contributed by atoms with E-state index in [0.29, 0.717) is 15.8 Å². The number of phenols is 1. The number of nitrogens with zero attached hydrogens (tertiary/aromatic N) is 3. The third kappa shape index (κ3) is 4.11. The summed E-state index contributed by atoms with van der Waals surface area (Å²) in [7, 11) is 1.66. The zero-order valence-electron chi connectivity index (χ0n) is 19.6. The van der Waals surface area contributed by atoms with Gasteiger partial charge in [0, 0.05) is 34.4 Å². The number of methoxy groups -OCH3 is 1. The molecule has 1 fully saturated rings. The van der Waals surface area contributed by atoms with E-state index in [2.05, 4.69) is 40.8 Å². The highest BCUT2D eigenvalue weighted by Crippen LogP contribution is 2.46. The van der Waals surface area contributed by atoms with Crippen LogP contribution in [-0.4, -0.2) is 26.9 Å². The first-order valence-electron chi connectivity index (χ1n) is 11.2. The van der Waals surface area contributed by atoms with E-state index in [1.54, 1.807) is 31.5 Å². The van der Waals surface area contributed by atoms with E-state index in [1.165, 1.54) is 0 Å². The normalized spacial score (nSPS) is 17.5. The first kappa shape index (κ1) is 23.2. The van der Waals surface area contributed by atoms with Crippen LogP contribution in [0.1, 0.15) is 34.7 Å². The molecule has 0 radical (unpaired) electrons. The second kappa shape index (κ2) is 9.24. The number of hydrogen-bond donors (Lipinski definition) is 2. The second-order valence-corrected chi connectivity index (χ2v) is 9.32. The number of aromatic nitrogens is 2. The van der Waals surface area contributed by atoms with Gasteiger partial charge in [0.2, 0.25) is 0 Å². The van der Waals surface area contributed by atoms with Gasteiger partial charge in [-0.25, -0.2) is 0 Å². The van der Waals surface area contributed by atoms with Gasteiger partial charge in [-0.2, -0.15) is 0 Å². The molecule has 5 rings (SSSR count). The largest absolute Gasteiger partial charge is 0.506 e. The molecule has 6 nitrogen and oxygen atoms in total. The van der Waals surface area contributed by atoms with Crippen molar-refractivity contribution in [2.75, 3.05) is 12.0 Å². The highest BCUT2D eigenvalue weighted by molar-refractivity contribution is 7.80. The summed E-state index contributed by atoms with van der Waals surface area (Å²) in [4.78, 5) is 6.56. The van der Waals surface area contributed by atoms with Crippen LogP contribution in [0, 0.1) is 13.8 Å². The summed E-state index contributed by atoms with van der Waals surface area (Å²) < 4.78 is 7.65. The molecular formula is C27H25ClN4O2S. The molecule has 0 unspecified atom stereocenters. The number of rotatable bonds is 5.